The number of rotatable bonds is 5. The molecule has 1 atom stereocenters. The first kappa shape index (κ1) is 13.1. The lowest BCUT2D eigenvalue weighted by atomic mass is 10.1. The Kier molecular flexibility index (Phi) is 4.59. The van der Waals surface area contributed by atoms with Crippen molar-refractivity contribution in [3.63, 3.8) is 0 Å². The second-order valence-corrected chi connectivity index (χ2v) is 3.80. The molecule has 0 bridgehead atoms. The molecule has 0 spiro atoms. The van der Waals surface area contributed by atoms with E-state index in [0.29, 0.717) is 6.54 Å². The number of nitrogens with zero attached hydrogens (tertiary/aromatic N) is 1. The lowest BCUT2D eigenvalue weighted by molar-refractivity contribution is -0.384. The number of nitro benzene ring substituents is 1. The number of hydrogen-bond donors (Lipinski definition) is 2. The minimum absolute atomic E-state index is 0.0180. The van der Waals surface area contributed by atoms with Crippen LogP contribution in [-0.2, 0) is 11.2 Å². The fourth-order valence-corrected chi connectivity index (χ4v) is 1.31. The molecule has 0 aliphatic heterocycles. The van der Waals surface area contributed by atoms with Gasteiger partial charge in [0.2, 0.25) is 5.91 Å². The lowest BCUT2D eigenvalue weighted by Gasteiger charge is -2.10. The SMILES string of the molecule is CC(CN)NC(=O)Cc1ccc([N+](=O)[O-])cc1. The van der Waals surface area contributed by atoms with Gasteiger partial charge >= 0.3 is 0 Å². The van der Waals surface area contributed by atoms with Crippen LogP contribution >= 0.6 is 0 Å². The lowest BCUT2D eigenvalue weighted by Crippen LogP contribution is -2.38. The zero-order valence-corrected chi connectivity index (χ0v) is 9.55. The number of hydrogen-bond acceptors (Lipinski definition) is 4. The van der Waals surface area contributed by atoms with Gasteiger partial charge in [-0.3, -0.25) is 14.9 Å². The number of nitrogens with one attached hydrogen (secondary N) is 1. The number of non-ortho nitro benzene ring substituents is 1. The molecule has 0 fully saturated rings. The number of carbonyl (C=O) groups is 1. The van der Waals surface area contributed by atoms with E-state index in [2.05, 4.69) is 5.32 Å². The Morgan fingerprint density at radius 1 is 1.47 bits per heavy atom. The van der Waals surface area contributed by atoms with Crippen LogP contribution in [0, 0.1) is 10.1 Å². The summed E-state index contributed by atoms with van der Waals surface area (Å²) in [6.45, 7) is 2.19. The van der Waals surface area contributed by atoms with Gasteiger partial charge in [-0.05, 0) is 12.5 Å². The number of benzene rings is 1. The summed E-state index contributed by atoms with van der Waals surface area (Å²) in [5, 5.41) is 13.1. The molecule has 1 amide bonds. The van der Waals surface area contributed by atoms with Crippen LogP contribution in [0.5, 0.6) is 0 Å². The molecule has 6 nitrogen and oxygen atoms in total. The minimum Gasteiger partial charge on any atom is -0.352 e. The molecule has 1 aromatic carbocycles. The van der Waals surface area contributed by atoms with Gasteiger partial charge in [-0.1, -0.05) is 12.1 Å². The molecule has 0 saturated carbocycles. The topological polar surface area (TPSA) is 98.3 Å². The second kappa shape index (κ2) is 5.95. The van der Waals surface area contributed by atoms with Crippen LogP contribution in [0.2, 0.25) is 0 Å². The van der Waals surface area contributed by atoms with Gasteiger partial charge in [-0.15, -0.1) is 0 Å². The normalized spacial score (nSPS) is 11.9. The van der Waals surface area contributed by atoms with Crippen molar-refractivity contribution in [2.24, 2.45) is 5.73 Å². The number of carbonyl (C=O) groups excluding carboxylic acids is 1. The van der Waals surface area contributed by atoms with E-state index < -0.39 is 4.92 Å². The first-order chi connectivity index (χ1) is 8.02. The standard InChI is InChI=1S/C11H15N3O3/c1-8(7-12)13-11(15)6-9-2-4-10(5-3-9)14(16)17/h2-5,8H,6-7,12H2,1H3,(H,13,15). The summed E-state index contributed by atoms with van der Waals surface area (Å²) >= 11 is 0. The molecule has 0 aromatic heterocycles. The zero-order valence-electron chi connectivity index (χ0n) is 9.55. The summed E-state index contributed by atoms with van der Waals surface area (Å²) in [4.78, 5) is 21.5. The largest absolute Gasteiger partial charge is 0.352 e. The highest BCUT2D eigenvalue weighted by atomic mass is 16.6. The van der Waals surface area contributed by atoms with Crippen LogP contribution in [-0.4, -0.2) is 23.4 Å². The van der Waals surface area contributed by atoms with Gasteiger partial charge < -0.3 is 11.1 Å². The number of nitro groups is 1. The van der Waals surface area contributed by atoms with E-state index in [1.165, 1.54) is 12.1 Å². The smallest absolute Gasteiger partial charge is 0.269 e. The van der Waals surface area contributed by atoms with Crippen molar-refractivity contribution >= 4 is 11.6 Å². The van der Waals surface area contributed by atoms with E-state index >= 15 is 0 Å². The first-order valence-corrected chi connectivity index (χ1v) is 5.25. The van der Waals surface area contributed by atoms with Crippen LogP contribution in [0.15, 0.2) is 24.3 Å². The van der Waals surface area contributed by atoms with E-state index in [4.69, 9.17) is 5.73 Å². The van der Waals surface area contributed by atoms with E-state index in [1.807, 2.05) is 6.92 Å². The summed E-state index contributed by atoms with van der Waals surface area (Å²) in [7, 11) is 0. The highest BCUT2D eigenvalue weighted by molar-refractivity contribution is 5.78. The molecular weight excluding hydrogens is 222 g/mol. The van der Waals surface area contributed by atoms with Crippen LogP contribution < -0.4 is 11.1 Å². The fraction of sp³-hybridized carbons (Fsp3) is 0.364. The van der Waals surface area contributed by atoms with Gasteiger partial charge in [0.25, 0.3) is 5.69 Å². The van der Waals surface area contributed by atoms with Crippen molar-refractivity contribution in [3.8, 4) is 0 Å². The fourth-order valence-electron chi connectivity index (χ4n) is 1.31. The molecule has 1 aromatic rings. The third kappa shape index (κ3) is 4.20. The van der Waals surface area contributed by atoms with E-state index in [-0.39, 0.29) is 24.1 Å². The summed E-state index contributed by atoms with van der Waals surface area (Å²) in [5.41, 5.74) is 6.13. The predicted octanol–water partition coefficient (Wildman–Crippen LogP) is 0.601. The second-order valence-electron chi connectivity index (χ2n) is 3.80. The molecule has 1 rings (SSSR count). The monoisotopic (exact) mass is 237 g/mol. The average molecular weight is 237 g/mol. The molecule has 0 aliphatic rings. The van der Waals surface area contributed by atoms with E-state index in [0.717, 1.165) is 5.56 Å². The Morgan fingerprint density at radius 2 is 2.06 bits per heavy atom. The molecular formula is C11H15N3O3. The molecule has 1 unspecified atom stereocenters. The number of amides is 1. The van der Waals surface area contributed by atoms with Gasteiger partial charge in [0, 0.05) is 24.7 Å². The summed E-state index contributed by atoms with van der Waals surface area (Å²) in [5.74, 6) is -0.142. The Morgan fingerprint density at radius 3 is 2.53 bits per heavy atom. The maximum absolute atomic E-state index is 11.5. The number of nitrogens with two attached hydrogens (primary N) is 1. The van der Waals surface area contributed by atoms with E-state index in [1.54, 1.807) is 12.1 Å². The Balaban J connectivity index is 2.57. The summed E-state index contributed by atoms with van der Waals surface area (Å²) < 4.78 is 0. The van der Waals surface area contributed by atoms with Gasteiger partial charge in [0.1, 0.15) is 0 Å². The van der Waals surface area contributed by atoms with Crippen molar-refractivity contribution in [1.29, 1.82) is 0 Å². The Labute approximate surface area is 99.0 Å². The van der Waals surface area contributed by atoms with Crippen molar-refractivity contribution in [2.45, 2.75) is 19.4 Å². The van der Waals surface area contributed by atoms with Crippen LogP contribution in [0.3, 0.4) is 0 Å². The van der Waals surface area contributed by atoms with Crippen molar-refractivity contribution < 1.29 is 9.72 Å². The maximum atomic E-state index is 11.5. The Bertz CT molecular complexity index is 403. The quantitative estimate of drug-likeness (QED) is 0.578. The molecule has 0 aliphatic carbocycles. The van der Waals surface area contributed by atoms with Crippen molar-refractivity contribution in [1.82, 2.24) is 5.32 Å². The van der Waals surface area contributed by atoms with Crippen LogP contribution in [0.25, 0.3) is 0 Å². The average Bonchev–Trinajstić information content (AvgIpc) is 2.29. The van der Waals surface area contributed by atoms with E-state index in [9.17, 15) is 14.9 Å². The van der Waals surface area contributed by atoms with Crippen LogP contribution in [0.4, 0.5) is 5.69 Å². The van der Waals surface area contributed by atoms with Crippen molar-refractivity contribution in [2.75, 3.05) is 6.54 Å². The first-order valence-electron chi connectivity index (χ1n) is 5.25. The Hall–Kier alpha value is -1.95. The highest BCUT2D eigenvalue weighted by Gasteiger charge is 2.08. The molecule has 3 N–H and O–H groups in total. The predicted molar refractivity (Wildman–Crippen MR) is 63.5 cm³/mol. The van der Waals surface area contributed by atoms with Crippen LogP contribution in [0.1, 0.15) is 12.5 Å². The summed E-state index contributed by atoms with van der Waals surface area (Å²) in [6.07, 6.45) is 0.197. The molecule has 6 heteroatoms. The molecule has 0 heterocycles. The molecule has 92 valence electrons. The molecule has 0 radical (unpaired) electrons. The molecule has 0 saturated heterocycles. The molecule has 17 heavy (non-hydrogen) atoms. The van der Waals surface area contributed by atoms with Gasteiger partial charge in [0.05, 0.1) is 11.3 Å². The van der Waals surface area contributed by atoms with Gasteiger partial charge in [0.15, 0.2) is 0 Å². The van der Waals surface area contributed by atoms with Crippen molar-refractivity contribution in [3.05, 3.63) is 39.9 Å². The third-order valence-electron chi connectivity index (χ3n) is 2.27. The summed E-state index contributed by atoms with van der Waals surface area (Å²) in [6, 6.07) is 5.85. The third-order valence-corrected chi connectivity index (χ3v) is 2.27. The highest BCUT2D eigenvalue weighted by Crippen LogP contribution is 2.12. The minimum atomic E-state index is -0.472. The maximum Gasteiger partial charge on any atom is 0.269 e. The van der Waals surface area contributed by atoms with Gasteiger partial charge in [-0.2, -0.15) is 0 Å². The zero-order chi connectivity index (χ0) is 12.8. The van der Waals surface area contributed by atoms with Gasteiger partial charge in [-0.25, -0.2) is 0 Å².